The van der Waals surface area contributed by atoms with E-state index in [0.717, 1.165) is 62.9 Å². The van der Waals surface area contributed by atoms with Gasteiger partial charge in [0.1, 0.15) is 5.78 Å². The van der Waals surface area contributed by atoms with Gasteiger partial charge in [-0.05, 0) is 25.7 Å². The van der Waals surface area contributed by atoms with Gasteiger partial charge in [-0.15, -0.1) is 10.3 Å². The third-order valence-corrected chi connectivity index (χ3v) is 9.95. The second kappa shape index (κ2) is 10.7. The van der Waals surface area contributed by atoms with Crippen molar-refractivity contribution in [3.63, 3.8) is 0 Å². The van der Waals surface area contributed by atoms with Gasteiger partial charge in [-0.2, -0.15) is 8.42 Å². The fourth-order valence-electron chi connectivity index (χ4n) is 2.94. The van der Waals surface area contributed by atoms with E-state index in [1.807, 2.05) is 6.92 Å². The van der Waals surface area contributed by atoms with Crippen LogP contribution < -0.4 is 0 Å². The minimum absolute atomic E-state index is 0.0863. The van der Waals surface area contributed by atoms with Crippen LogP contribution in [0, 0.1) is 0 Å². The average molecular weight is 367 g/mol. The molecule has 0 aliphatic carbocycles. The Bertz CT molecular complexity index is 440. The molecular formula is C17H34O4S2. The summed E-state index contributed by atoms with van der Waals surface area (Å²) in [7, 11) is -5.26. The monoisotopic (exact) mass is 366 g/mol. The van der Waals surface area contributed by atoms with Crippen molar-refractivity contribution in [3.8, 4) is 0 Å². The second-order valence-electron chi connectivity index (χ2n) is 6.61. The molecule has 6 heteroatoms. The highest BCUT2D eigenvalue weighted by Crippen LogP contribution is 2.54. The molecule has 0 unspecified atom stereocenters. The quantitative estimate of drug-likeness (QED) is 0.474. The number of Topliss-reactive ketones (excluding diaryl/α,β-unsaturated/α-hetero) is 1. The van der Waals surface area contributed by atoms with Crippen molar-refractivity contribution in [2.45, 2.75) is 78.1 Å². The molecule has 1 saturated heterocycles. The van der Waals surface area contributed by atoms with E-state index in [1.165, 1.54) is 0 Å². The van der Waals surface area contributed by atoms with E-state index in [9.17, 15) is 13.2 Å². The smallest absolute Gasteiger partial charge is 0.276 e. The lowest BCUT2D eigenvalue weighted by atomic mass is 10.1. The molecule has 0 radical (unpaired) electrons. The maximum Gasteiger partial charge on any atom is 0.276 e. The van der Waals surface area contributed by atoms with Crippen LogP contribution in [0.2, 0.25) is 0 Å². The Morgan fingerprint density at radius 1 is 0.957 bits per heavy atom. The Kier molecular flexibility index (Phi) is 9.78. The van der Waals surface area contributed by atoms with Crippen molar-refractivity contribution in [3.05, 3.63) is 0 Å². The van der Waals surface area contributed by atoms with Crippen molar-refractivity contribution in [2.75, 3.05) is 23.0 Å². The van der Waals surface area contributed by atoms with Gasteiger partial charge < -0.3 is 0 Å². The Morgan fingerprint density at radius 3 is 2.22 bits per heavy atom. The molecule has 0 saturated carbocycles. The summed E-state index contributed by atoms with van der Waals surface area (Å²) < 4.78 is 30.2. The van der Waals surface area contributed by atoms with Gasteiger partial charge in [0.25, 0.3) is 10.1 Å². The van der Waals surface area contributed by atoms with E-state index in [2.05, 4.69) is 6.92 Å². The highest BCUT2D eigenvalue weighted by Gasteiger charge is 2.34. The molecule has 4 nitrogen and oxygen atoms in total. The van der Waals surface area contributed by atoms with Crippen LogP contribution >= 0.6 is 10.3 Å². The molecule has 1 aliphatic rings. The maximum absolute atomic E-state index is 12.3. The molecular weight excluding hydrogens is 332 g/mol. The number of ketones is 1. The van der Waals surface area contributed by atoms with Crippen LogP contribution in [0.1, 0.15) is 78.1 Å². The zero-order valence-corrected chi connectivity index (χ0v) is 16.5. The molecule has 0 amide bonds. The summed E-state index contributed by atoms with van der Waals surface area (Å²) in [5, 5.41) is 0. The van der Waals surface area contributed by atoms with E-state index in [4.69, 9.17) is 3.63 Å². The summed E-state index contributed by atoms with van der Waals surface area (Å²) in [5.41, 5.74) is 0. The average Bonchev–Trinajstić information content (AvgIpc) is 2.50. The fourth-order valence-corrected chi connectivity index (χ4v) is 9.03. The van der Waals surface area contributed by atoms with E-state index >= 15 is 0 Å². The molecule has 0 atom stereocenters. The normalized spacial score (nSPS) is 19.4. The van der Waals surface area contributed by atoms with Crippen LogP contribution in [-0.4, -0.2) is 37.2 Å². The molecule has 138 valence electrons. The molecule has 1 rings (SSSR count). The van der Waals surface area contributed by atoms with Gasteiger partial charge in [-0.3, -0.25) is 4.79 Å². The SMILES string of the molecule is CCCCCCC(=O)CS1(OS(=O)(=O)CCCC)CCCCC1. The summed E-state index contributed by atoms with van der Waals surface area (Å²) in [6, 6.07) is 0. The molecule has 0 N–H and O–H groups in total. The van der Waals surface area contributed by atoms with Gasteiger partial charge in [0.15, 0.2) is 0 Å². The third kappa shape index (κ3) is 8.54. The first-order chi connectivity index (χ1) is 10.9. The predicted octanol–water partition coefficient (Wildman–Crippen LogP) is 4.58. The second-order valence-corrected chi connectivity index (χ2v) is 11.7. The number of carbonyl (C=O) groups excluding carboxylic acids is 1. The van der Waals surface area contributed by atoms with Crippen LogP contribution in [0.3, 0.4) is 0 Å². The molecule has 1 fully saturated rings. The Hall–Kier alpha value is -0.0700. The van der Waals surface area contributed by atoms with E-state index in [1.54, 1.807) is 0 Å². The molecule has 1 aliphatic heterocycles. The number of rotatable bonds is 12. The van der Waals surface area contributed by atoms with E-state index < -0.39 is 20.4 Å². The van der Waals surface area contributed by atoms with Gasteiger partial charge in [0.05, 0.1) is 11.5 Å². The standard InChI is InChI=1S/C17H34O4S2/c1-3-5-7-9-12-17(18)16-22(13-10-8-11-14-22)21-23(19,20)15-6-4-2/h3-16H2,1-2H3. The van der Waals surface area contributed by atoms with Crippen molar-refractivity contribution < 1.29 is 16.8 Å². The van der Waals surface area contributed by atoms with Crippen LogP contribution in [0.15, 0.2) is 0 Å². The molecule has 0 aromatic rings. The number of unbranched alkanes of at least 4 members (excludes halogenated alkanes) is 4. The van der Waals surface area contributed by atoms with Crippen molar-refractivity contribution in [2.24, 2.45) is 0 Å². The minimum Gasteiger partial charge on any atom is -0.299 e. The van der Waals surface area contributed by atoms with Crippen molar-refractivity contribution in [1.82, 2.24) is 0 Å². The van der Waals surface area contributed by atoms with Crippen LogP contribution in [0.4, 0.5) is 0 Å². The zero-order valence-electron chi connectivity index (χ0n) is 14.8. The van der Waals surface area contributed by atoms with E-state index in [0.29, 0.717) is 18.6 Å². The van der Waals surface area contributed by atoms with Gasteiger partial charge in [-0.1, -0.05) is 46.0 Å². The van der Waals surface area contributed by atoms with Crippen molar-refractivity contribution >= 4 is 26.2 Å². The summed E-state index contributed by atoms with van der Waals surface area (Å²) in [4.78, 5) is 12.3. The first kappa shape index (κ1) is 21.0. The highest BCUT2D eigenvalue weighted by molar-refractivity contribution is 8.33. The topological polar surface area (TPSA) is 60.4 Å². The lowest BCUT2D eigenvalue weighted by Crippen LogP contribution is -2.28. The first-order valence-electron chi connectivity index (χ1n) is 9.15. The van der Waals surface area contributed by atoms with Crippen LogP contribution in [0.25, 0.3) is 0 Å². The van der Waals surface area contributed by atoms with Crippen molar-refractivity contribution in [1.29, 1.82) is 0 Å². The maximum atomic E-state index is 12.3. The Labute approximate surface area is 144 Å². The molecule has 0 aromatic heterocycles. The number of hydrogen-bond donors (Lipinski definition) is 0. The molecule has 0 aromatic carbocycles. The summed E-state index contributed by atoms with van der Waals surface area (Å²) in [6.07, 6.45) is 9.46. The Balaban J connectivity index is 2.61. The van der Waals surface area contributed by atoms with Gasteiger partial charge >= 0.3 is 0 Å². The molecule has 23 heavy (non-hydrogen) atoms. The number of hydrogen-bond acceptors (Lipinski definition) is 4. The summed E-state index contributed by atoms with van der Waals surface area (Å²) in [6.45, 7) is 4.12. The fraction of sp³-hybridized carbons (Fsp3) is 0.941. The number of carbonyl (C=O) groups is 1. The third-order valence-electron chi connectivity index (χ3n) is 4.26. The van der Waals surface area contributed by atoms with Crippen LogP contribution in [0.5, 0.6) is 0 Å². The van der Waals surface area contributed by atoms with Gasteiger partial charge in [-0.25, -0.2) is 3.63 Å². The minimum atomic E-state index is -3.49. The Morgan fingerprint density at radius 2 is 1.61 bits per heavy atom. The summed E-state index contributed by atoms with van der Waals surface area (Å²) in [5.74, 6) is 2.19. The molecule has 0 bridgehead atoms. The van der Waals surface area contributed by atoms with Gasteiger partial charge in [0, 0.05) is 17.9 Å². The van der Waals surface area contributed by atoms with Crippen LogP contribution in [-0.2, 0) is 18.5 Å². The molecule has 1 heterocycles. The van der Waals surface area contributed by atoms with Gasteiger partial charge in [0.2, 0.25) is 0 Å². The predicted molar refractivity (Wildman–Crippen MR) is 99.6 cm³/mol. The zero-order chi connectivity index (χ0) is 17.2. The summed E-state index contributed by atoms with van der Waals surface area (Å²) >= 11 is 0. The first-order valence-corrected chi connectivity index (χ1v) is 12.8. The largest absolute Gasteiger partial charge is 0.299 e. The lowest BCUT2D eigenvalue weighted by molar-refractivity contribution is -0.116. The highest BCUT2D eigenvalue weighted by atomic mass is 32.3. The van der Waals surface area contributed by atoms with E-state index in [-0.39, 0.29) is 11.5 Å². The lowest BCUT2D eigenvalue weighted by Gasteiger charge is -2.40. The molecule has 0 spiro atoms.